The van der Waals surface area contributed by atoms with Gasteiger partial charge >= 0.3 is 0 Å². The number of ether oxygens (including phenoxy) is 1. The average Bonchev–Trinajstić information content (AvgIpc) is 3.17. The number of nitrogens with zero attached hydrogens (tertiary/aromatic N) is 3. The van der Waals surface area contributed by atoms with E-state index in [4.69, 9.17) is 27.9 Å². The van der Waals surface area contributed by atoms with Gasteiger partial charge in [0, 0.05) is 23.4 Å². The summed E-state index contributed by atoms with van der Waals surface area (Å²) < 4.78 is 8.07. The van der Waals surface area contributed by atoms with Crippen molar-refractivity contribution in [2.24, 2.45) is 0 Å². The Labute approximate surface area is 195 Å². The highest BCUT2D eigenvalue weighted by Gasteiger charge is 2.20. The zero-order chi connectivity index (χ0) is 21.8. The van der Waals surface area contributed by atoms with Crippen LogP contribution in [0.1, 0.15) is 24.4 Å². The molecule has 1 unspecified atom stereocenters. The summed E-state index contributed by atoms with van der Waals surface area (Å²) >= 11 is 14.0. The molecule has 0 aliphatic carbocycles. The van der Waals surface area contributed by atoms with Gasteiger partial charge in [-0.1, -0.05) is 83.5 Å². The van der Waals surface area contributed by atoms with Gasteiger partial charge in [0.05, 0.1) is 5.02 Å². The van der Waals surface area contributed by atoms with Crippen LogP contribution < -0.4 is 4.74 Å². The molecule has 0 aliphatic heterocycles. The van der Waals surface area contributed by atoms with Gasteiger partial charge in [-0.15, -0.1) is 16.8 Å². The summed E-state index contributed by atoms with van der Waals surface area (Å²) in [6.45, 7) is 6.38. The summed E-state index contributed by atoms with van der Waals surface area (Å²) in [6, 6.07) is 19.9. The molecular formula is C24H21Cl2N3OS. The lowest BCUT2D eigenvalue weighted by atomic mass is 10.1. The Kier molecular flexibility index (Phi) is 6.86. The van der Waals surface area contributed by atoms with Crippen LogP contribution in [-0.2, 0) is 12.3 Å². The van der Waals surface area contributed by atoms with E-state index in [0.717, 1.165) is 10.9 Å². The van der Waals surface area contributed by atoms with E-state index in [1.165, 1.54) is 16.3 Å². The Hall–Kier alpha value is -2.47. The summed E-state index contributed by atoms with van der Waals surface area (Å²) in [4.78, 5) is 0. The van der Waals surface area contributed by atoms with Crippen molar-refractivity contribution in [1.29, 1.82) is 0 Å². The van der Waals surface area contributed by atoms with E-state index in [2.05, 4.69) is 59.2 Å². The van der Waals surface area contributed by atoms with E-state index >= 15 is 0 Å². The van der Waals surface area contributed by atoms with Crippen molar-refractivity contribution in [1.82, 2.24) is 14.8 Å². The van der Waals surface area contributed by atoms with Gasteiger partial charge in [0.2, 0.25) is 0 Å². The van der Waals surface area contributed by atoms with Crippen molar-refractivity contribution in [3.63, 3.8) is 0 Å². The first-order chi connectivity index (χ1) is 15.1. The van der Waals surface area contributed by atoms with Crippen LogP contribution in [0, 0.1) is 0 Å². The maximum Gasteiger partial charge on any atom is 0.191 e. The highest BCUT2D eigenvalue weighted by Crippen LogP contribution is 2.33. The summed E-state index contributed by atoms with van der Waals surface area (Å²) in [5.74, 6) is 2.00. The maximum atomic E-state index is 6.25. The summed E-state index contributed by atoms with van der Waals surface area (Å²) in [7, 11) is 0. The third-order valence-corrected chi connectivity index (χ3v) is 6.42. The van der Waals surface area contributed by atoms with Crippen LogP contribution in [0.4, 0.5) is 0 Å². The molecule has 0 saturated carbocycles. The lowest BCUT2D eigenvalue weighted by molar-refractivity contribution is 0.210. The SMILES string of the molecule is C=CCn1c(SCc2cccc3ccccc23)nnc1C(C)Oc1cc(Cl)ccc1Cl. The molecule has 31 heavy (non-hydrogen) atoms. The number of allylic oxidation sites excluding steroid dienone is 1. The molecule has 4 rings (SSSR count). The zero-order valence-corrected chi connectivity index (χ0v) is 19.3. The normalized spacial score (nSPS) is 12.1. The van der Waals surface area contributed by atoms with Crippen molar-refractivity contribution in [3.8, 4) is 5.75 Å². The van der Waals surface area contributed by atoms with E-state index in [0.29, 0.717) is 28.2 Å². The number of thioether (sulfide) groups is 1. The fourth-order valence-electron chi connectivity index (χ4n) is 3.38. The highest BCUT2D eigenvalue weighted by atomic mass is 35.5. The first kappa shape index (κ1) is 21.8. The Morgan fingerprint density at radius 1 is 1.10 bits per heavy atom. The lowest BCUT2D eigenvalue weighted by Gasteiger charge is -2.17. The largest absolute Gasteiger partial charge is 0.481 e. The Balaban J connectivity index is 1.56. The number of rotatable bonds is 8. The van der Waals surface area contributed by atoms with Gasteiger partial charge in [0.1, 0.15) is 5.75 Å². The molecule has 0 amide bonds. The van der Waals surface area contributed by atoms with Crippen LogP contribution >= 0.6 is 35.0 Å². The van der Waals surface area contributed by atoms with Crippen molar-refractivity contribution in [2.45, 2.75) is 30.5 Å². The van der Waals surface area contributed by atoms with Gasteiger partial charge in [-0.3, -0.25) is 4.57 Å². The second-order valence-electron chi connectivity index (χ2n) is 7.00. The Morgan fingerprint density at radius 2 is 1.90 bits per heavy atom. The molecule has 3 aromatic carbocycles. The fraction of sp³-hybridized carbons (Fsp3) is 0.167. The molecule has 1 aromatic heterocycles. The Morgan fingerprint density at radius 3 is 2.74 bits per heavy atom. The molecule has 0 N–H and O–H groups in total. The average molecular weight is 470 g/mol. The van der Waals surface area contributed by atoms with Crippen molar-refractivity contribution >= 4 is 45.7 Å². The molecule has 0 aliphatic rings. The zero-order valence-electron chi connectivity index (χ0n) is 17.0. The monoisotopic (exact) mass is 469 g/mol. The van der Waals surface area contributed by atoms with Crippen LogP contribution in [-0.4, -0.2) is 14.8 Å². The van der Waals surface area contributed by atoms with E-state index in [-0.39, 0.29) is 6.10 Å². The maximum absolute atomic E-state index is 6.25. The number of benzene rings is 3. The van der Waals surface area contributed by atoms with Crippen molar-refractivity contribution < 1.29 is 4.74 Å². The molecule has 0 bridgehead atoms. The number of aromatic nitrogens is 3. The van der Waals surface area contributed by atoms with Crippen LogP contribution in [0.2, 0.25) is 10.0 Å². The van der Waals surface area contributed by atoms with Gasteiger partial charge in [0.25, 0.3) is 0 Å². The fourth-order valence-corrected chi connectivity index (χ4v) is 4.66. The molecule has 1 heterocycles. The summed E-state index contributed by atoms with van der Waals surface area (Å²) in [6.07, 6.45) is 1.46. The smallest absolute Gasteiger partial charge is 0.191 e. The van der Waals surface area contributed by atoms with Crippen LogP contribution in [0.15, 0.2) is 78.5 Å². The molecule has 7 heteroatoms. The molecule has 4 aromatic rings. The second-order valence-corrected chi connectivity index (χ2v) is 8.79. The molecular weight excluding hydrogens is 449 g/mol. The third-order valence-electron chi connectivity index (χ3n) is 4.85. The van der Waals surface area contributed by atoms with Gasteiger partial charge < -0.3 is 4.74 Å². The first-order valence-electron chi connectivity index (χ1n) is 9.82. The molecule has 4 nitrogen and oxygen atoms in total. The quantitative estimate of drug-likeness (QED) is 0.199. The van der Waals surface area contributed by atoms with Crippen LogP contribution in [0.3, 0.4) is 0 Å². The predicted molar refractivity (Wildman–Crippen MR) is 129 cm³/mol. The minimum atomic E-state index is -0.365. The highest BCUT2D eigenvalue weighted by molar-refractivity contribution is 7.98. The summed E-state index contributed by atoms with van der Waals surface area (Å²) in [5.41, 5.74) is 1.26. The van der Waals surface area contributed by atoms with Crippen LogP contribution in [0.25, 0.3) is 10.8 Å². The number of hydrogen-bond donors (Lipinski definition) is 0. The second kappa shape index (κ2) is 9.77. The minimum Gasteiger partial charge on any atom is -0.481 e. The molecule has 0 saturated heterocycles. The molecule has 0 fully saturated rings. The van der Waals surface area contributed by atoms with E-state index in [9.17, 15) is 0 Å². The Bertz CT molecular complexity index is 1220. The standard InChI is InChI=1S/C24H21Cl2N3OS/c1-3-13-29-23(16(2)30-22-14-19(25)11-12-21(22)26)27-28-24(29)31-15-18-9-6-8-17-7-4-5-10-20(17)18/h3-12,14,16H,1,13,15H2,2H3. The molecule has 0 radical (unpaired) electrons. The van der Waals surface area contributed by atoms with Gasteiger partial charge in [0.15, 0.2) is 17.1 Å². The minimum absolute atomic E-state index is 0.365. The van der Waals surface area contributed by atoms with Gasteiger partial charge in [-0.25, -0.2) is 0 Å². The number of fused-ring (bicyclic) bond motifs is 1. The summed E-state index contributed by atoms with van der Waals surface area (Å²) in [5, 5.41) is 13.2. The van der Waals surface area contributed by atoms with Gasteiger partial charge in [-0.05, 0) is 35.4 Å². The molecule has 1 atom stereocenters. The van der Waals surface area contributed by atoms with Crippen molar-refractivity contribution in [2.75, 3.05) is 0 Å². The number of hydrogen-bond acceptors (Lipinski definition) is 4. The first-order valence-corrected chi connectivity index (χ1v) is 11.6. The van der Waals surface area contributed by atoms with E-state index in [1.54, 1.807) is 30.0 Å². The predicted octanol–water partition coefficient (Wildman–Crippen LogP) is 7.36. The lowest BCUT2D eigenvalue weighted by Crippen LogP contribution is -2.12. The topological polar surface area (TPSA) is 39.9 Å². The number of halogens is 2. The molecule has 0 spiro atoms. The van der Waals surface area contributed by atoms with E-state index in [1.807, 2.05) is 17.6 Å². The van der Waals surface area contributed by atoms with Crippen molar-refractivity contribution in [3.05, 3.63) is 94.8 Å². The van der Waals surface area contributed by atoms with E-state index < -0.39 is 0 Å². The molecule has 158 valence electrons. The van der Waals surface area contributed by atoms with Crippen LogP contribution in [0.5, 0.6) is 5.75 Å². The third kappa shape index (κ3) is 4.90. The van der Waals surface area contributed by atoms with Gasteiger partial charge in [-0.2, -0.15) is 0 Å².